The molecule has 1 aliphatic rings. The highest BCUT2D eigenvalue weighted by molar-refractivity contribution is 6.12. The van der Waals surface area contributed by atoms with Crippen LogP contribution in [0.3, 0.4) is 0 Å². The Labute approximate surface area is 309 Å². The lowest BCUT2D eigenvalue weighted by molar-refractivity contribution is 0.661. The van der Waals surface area contributed by atoms with Gasteiger partial charge in [0.05, 0.1) is 27.6 Å². The van der Waals surface area contributed by atoms with Crippen molar-refractivity contribution in [3.63, 3.8) is 0 Å². The van der Waals surface area contributed by atoms with E-state index in [0.29, 0.717) is 17.7 Å². The van der Waals surface area contributed by atoms with Gasteiger partial charge in [-0.15, -0.1) is 0 Å². The second-order valence-electron chi connectivity index (χ2n) is 14.8. The van der Waals surface area contributed by atoms with E-state index in [1.807, 2.05) is 18.2 Å². The van der Waals surface area contributed by atoms with Crippen LogP contribution in [0.4, 0.5) is 0 Å². The maximum absolute atomic E-state index is 6.57. The third-order valence-electron chi connectivity index (χ3n) is 11.6. The third-order valence-corrected chi connectivity index (χ3v) is 11.6. The summed E-state index contributed by atoms with van der Waals surface area (Å²) < 4.78 is 11.0. The summed E-state index contributed by atoms with van der Waals surface area (Å²) in [6.45, 7) is 4.66. The van der Waals surface area contributed by atoms with Crippen LogP contribution in [0.2, 0.25) is 0 Å². The summed E-state index contributed by atoms with van der Waals surface area (Å²) in [5, 5.41) is 6.70. The molecule has 7 aromatic carbocycles. The quantitative estimate of drug-likeness (QED) is 0.185. The van der Waals surface area contributed by atoms with Crippen LogP contribution in [-0.2, 0) is 5.41 Å². The molecule has 0 N–H and O–H groups in total. The first-order valence-corrected chi connectivity index (χ1v) is 18.4. The van der Waals surface area contributed by atoms with Gasteiger partial charge >= 0.3 is 0 Å². The molecule has 6 nitrogen and oxygen atoms in total. The minimum atomic E-state index is -0.126. The molecule has 0 amide bonds. The Morgan fingerprint density at radius 2 is 0.963 bits per heavy atom. The van der Waals surface area contributed by atoms with E-state index in [2.05, 4.69) is 156 Å². The van der Waals surface area contributed by atoms with Crippen molar-refractivity contribution in [3.8, 4) is 34.4 Å². The average molecular weight is 694 g/mol. The van der Waals surface area contributed by atoms with Crippen molar-refractivity contribution in [3.05, 3.63) is 163 Å². The Bertz CT molecular complexity index is 3330. The van der Waals surface area contributed by atoms with Crippen molar-refractivity contribution in [2.24, 2.45) is 0 Å². The van der Waals surface area contributed by atoms with Crippen LogP contribution >= 0.6 is 0 Å². The van der Waals surface area contributed by atoms with Crippen LogP contribution < -0.4 is 0 Å². The van der Waals surface area contributed by atoms with Gasteiger partial charge in [-0.2, -0.15) is 15.0 Å². The van der Waals surface area contributed by atoms with E-state index in [1.165, 1.54) is 27.6 Å². The number of furan rings is 1. The summed E-state index contributed by atoms with van der Waals surface area (Å²) in [5.74, 6) is 1.63. The predicted octanol–water partition coefficient (Wildman–Crippen LogP) is 11.9. The monoisotopic (exact) mass is 693 g/mol. The molecule has 0 fully saturated rings. The van der Waals surface area contributed by atoms with Crippen LogP contribution in [0.1, 0.15) is 25.0 Å². The third kappa shape index (κ3) is 3.86. The van der Waals surface area contributed by atoms with Gasteiger partial charge in [0.2, 0.25) is 11.9 Å². The minimum Gasteiger partial charge on any atom is -0.455 e. The zero-order valence-corrected chi connectivity index (χ0v) is 29.6. The maximum atomic E-state index is 6.57. The molecular formula is C48H31N5O. The van der Waals surface area contributed by atoms with Crippen LogP contribution in [0, 0.1) is 0 Å². The van der Waals surface area contributed by atoms with Crippen LogP contribution in [0.5, 0.6) is 0 Å². The first kappa shape index (κ1) is 29.5. The lowest BCUT2D eigenvalue weighted by Crippen LogP contribution is -2.14. The number of rotatable bonds is 3. The van der Waals surface area contributed by atoms with E-state index in [-0.39, 0.29) is 5.41 Å². The Hall–Kier alpha value is -7.05. The molecule has 4 heterocycles. The summed E-state index contributed by atoms with van der Waals surface area (Å²) in [4.78, 5) is 16.1. The summed E-state index contributed by atoms with van der Waals surface area (Å²) in [6.07, 6.45) is 0. The molecule has 54 heavy (non-hydrogen) atoms. The smallest absolute Gasteiger partial charge is 0.240 e. The number of hydrogen-bond acceptors (Lipinski definition) is 4. The average Bonchev–Trinajstić information content (AvgIpc) is 3.92. The van der Waals surface area contributed by atoms with Crippen molar-refractivity contribution in [1.29, 1.82) is 0 Å². The molecule has 0 saturated carbocycles. The molecule has 0 radical (unpaired) electrons. The van der Waals surface area contributed by atoms with Crippen molar-refractivity contribution >= 4 is 65.6 Å². The summed E-state index contributed by atoms with van der Waals surface area (Å²) in [7, 11) is 0. The van der Waals surface area contributed by atoms with Gasteiger partial charge < -0.3 is 4.42 Å². The molecule has 0 unspecified atom stereocenters. The Kier molecular flexibility index (Phi) is 5.75. The molecular weight excluding hydrogens is 663 g/mol. The van der Waals surface area contributed by atoms with Gasteiger partial charge in [-0.05, 0) is 64.7 Å². The Morgan fingerprint density at radius 3 is 1.67 bits per heavy atom. The second-order valence-corrected chi connectivity index (χ2v) is 14.8. The first-order chi connectivity index (χ1) is 26.5. The van der Waals surface area contributed by atoms with Gasteiger partial charge in [-0.3, -0.25) is 9.13 Å². The molecule has 0 bridgehead atoms. The highest BCUT2D eigenvalue weighted by Gasteiger charge is 2.36. The summed E-state index contributed by atoms with van der Waals surface area (Å²) >= 11 is 0. The number of para-hydroxylation sites is 5. The SMILES string of the molecule is CC1(C)c2ccccc2-c2cc3c(cc21)c1ccccc1n3-c1nc(-c2cccc3c2oc2ccccc23)nc(-n2c3ccccc3c3ccccc32)n1. The molecule has 254 valence electrons. The molecule has 4 aromatic heterocycles. The molecule has 0 aliphatic heterocycles. The number of nitrogens with zero attached hydrogens (tertiary/aromatic N) is 5. The number of fused-ring (bicyclic) bond motifs is 12. The molecule has 1 aliphatic carbocycles. The largest absolute Gasteiger partial charge is 0.455 e. The van der Waals surface area contributed by atoms with Gasteiger partial charge in [-0.25, -0.2) is 0 Å². The fraction of sp³-hybridized carbons (Fsp3) is 0.0625. The standard InChI is InChI=1S/C48H31N5O/c1-48(2)37-21-8-3-14-28(37)35-27-42-36(26-38(35)48)31-17-6-11-24-41(31)53(42)47-50-45(34-20-13-19-33-32-18-7-12-25-43(32)54-44(33)34)49-46(51-47)52-39-22-9-4-15-29(39)30-16-5-10-23-40(30)52/h3-27H,1-2H3. The zero-order chi connectivity index (χ0) is 35.7. The van der Waals surface area contributed by atoms with Gasteiger partial charge in [-0.1, -0.05) is 123 Å². The predicted molar refractivity (Wildman–Crippen MR) is 219 cm³/mol. The summed E-state index contributed by atoms with van der Waals surface area (Å²) in [6, 6.07) is 53.4. The van der Waals surface area contributed by atoms with Crippen molar-refractivity contribution in [2.75, 3.05) is 0 Å². The number of benzene rings is 7. The molecule has 11 aromatic rings. The highest BCUT2D eigenvalue weighted by Crippen LogP contribution is 2.51. The van der Waals surface area contributed by atoms with E-state index in [9.17, 15) is 0 Å². The van der Waals surface area contributed by atoms with Crippen LogP contribution in [-0.4, -0.2) is 24.1 Å². The molecule has 0 atom stereocenters. The number of aromatic nitrogens is 5. The topological polar surface area (TPSA) is 61.7 Å². The molecule has 6 heteroatoms. The lowest BCUT2D eigenvalue weighted by Gasteiger charge is -2.21. The van der Waals surface area contributed by atoms with Crippen molar-refractivity contribution in [1.82, 2.24) is 24.1 Å². The molecule has 0 saturated heterocycles. The van der Waals surface area contributed by atoms with E-state index >= 15 is 0 Å². The van der Waals surface area contributed by atoms with Crippen LogP contribution in [0.25, 0.3) is 100.0 Å². The number of hydrogen-bond donors (Lipinski definition) is 0. The van der Waals surface area contributed by atoms with E-state index in [1.54, 1.807) is 0 Å². The fourth-order valence-corrected chi connectivity index (χ4v) is 9.11. The maximum Gasteiger partial charge on any atom is 0.240 e. The summed E-state index contributed by atoms with van der Waals surface area (Å²) in [5.41, 5.74) is 11.6. The second kappa shape index (κ2) is 10.5. The van der Waals surface area contributed by atoms with Gasteiger partial charge in [0.25, 0.3) is 0 Å². The molecule has 0 spiro atoms. The minimum absolute atomic E-state index is 0.126. The van der Waals surface area contributed by atoms with E-state index in [0.717, 1.165) is 65.7 Å². The van der Waals surface area contributed by atoms with Crippen LogP contribution in [0.15, 0.2) is 156 Å². The lowest BCUT2D eigenvalue weighted by atomic mass is 9.82. The van der Waals surface area contributed by atoms with Gasteiger partial charge in [0.1, 0.15) is 11.2 Å². The van der Waals surface area contributed by atoms with E-state index in [4.69, 9.17) is 19.4 Å². The molecule has 12 rings (SSSR count). The zero-order valence-electron chi connectivity index (χ0n) is 29.6. The first-order valence-electron chi connectivity index (χ1n) is 18.4. The van der Waals surface area contributed by atoms with Gasteiger partial charge in [0, 0.05) is 37.7 Å². The van der Waals surface area contributed by atoms with Gasteiger partial charge in [0.15, 0.2) is 5.82 Å². The van der Waals surface area contributed by atoms with Crippen molar-refractivity contribution in [2.45, 2.75) is 19.3 Å². The normalized spacial score (nSPS) is 13.5. The Morgan fingerprint density at radius 1 is 0.426 bits per heavy atom. The van der Waals surface area contributed by atoms with Crippen molar-refractivity contribution < 1.29 is 4.42 Å². The highest BCUT2D eigenvalue weighted by atomic mass is 16.3. The Balaban J connectivity index is 1.21. The van der Waals surface area contributed by atoms with E-state index < -0.39 is 0 Å². The fourth-order valence-electron chi connectivity index (χ4n) is 9.11.